The Kier molecular flexibility index (Phi) is 5.03. The van der Waals surface area contributed by atoms with Crippen LogP contribution < -0.4 is 10.3 Å². The van der Waals surface area contributed by atoms with Crippen molar-refractivity contribution in [3.8, 4) is 5.88 Å². The number of fused-ring (bicyclic) bond motifs is 1. The van der Waals surface area contributed by atoms with E-state index in [0.717, 1.165) is 10.4 Å². The summed E-state index contributed by atoms with van der Waals surface area (Å²) in [5.74, 6) is -0.0668. The molecule has 8 heteroatoms. The van der Waals surface area contributed by atoms with Gasteiger partial charge < -0.3 is 14.5 Å². The molecular weight excluding hydrogens is 354 g/mol. The van der Waals surface area contributed by atoms with Gasteiger partial charge >= 0.3 is 5.97 Å². The van der Waals surface area contributed by atoms with E-state index in [1.807, 2.05) is 13.8 Å². The number of pyridine rings is 1. The molecule has 0 bridgehead atoms. The maximum atomic E-state index is 12.5. The number of carbonyl (C=O) groups is 1. The fourth-order valence-corrected chi connectivity index (χ4v) is 3.58. The molecule has 0 saturated carbocycles. The highest BCUT2D eigenvalue weighted by Crippen LogP contribution is 2.27. The molecule has 0 spiro atoms. The van der Waals surface area contributed by atoms with Gasteiger partial charge in [0.15, 0.2) is 11.9 Å². The standard InChI is InChI=1S/C18H19N3O4S/c1-5-24-16-12(7-6-8-19-16)18(23)25-10(3)14-20-15(22)13-9(2)11(4)26-17(13)21-14/h6-8,10H,5H2,1-4H3,(H,20,21,22)/t10-/m1/s1. The zero-order chi connectivity index (χ0) is 18.8. The minimum atomic E-state index is -0.725. The van der Waals surface area contributed by atoms with Gasteiger partial charge in [0.1, 0.15) is 10.4 Å². The number of thiophene rings is 1. The Labute approximate surface area is 154 Å². The predicted octanol–water partition coefficient (Wildman–Crippen LogP) is 3.31. The van der Waals surface area contributed by atoms with Crippen molar-refractivity contribution >= 4 is 27.5 Å². The van der Waals surface area contributed by atoms with Crippen molar-refractivity contribution in [3.63, 3.8) is 0 Å². The number of H-pyrrole nitrogens is 1. The quantitative estimate of drug-likeness (QED) is 0.690. The minimum absolute atomic E-state index is 0.216. The molecule has 1 atom stereocenters. The van der Waals surface area contributed by atoms with Gasteiger partial charge in [-0.15, -0.1) is 11.3 Å². The molecule has 26 heavy (non-hydrogen) atoms. The van der Waals surface area contributed by atoms with Gasteiger partial charge in [-0.3, -0.25) is 4.79 Å². The van der Waals surface area contributed by atoms with Crippen LogP contribution in [-0.2, 0) is 4.74 Å². The summed E-state index contributed by atoms with van der Waals surface area (Å²) in [4.78, 5) is 37.7. The first kappa shape index (κ1) is 18.1. The molecule has 0 unspecified atom stereocenters. The molecule has 0 aromatic carbocycles. The topological polar surface area (TPSA) is 94.2 Å². The van der Waals surface area contributed by atoms with E-state index in [9.17, 15) is 9.59 Å². The third kappa shape index (κ3) is 3.32. The van der Waals surface area contributed by atoms with Crippen molar-refractivity contribution in [1.29, 1.82) is 0 Å². The Morgan fingerprint density at radius 3 is 2.88 bits per heavy atom. The molecule has 3 heterocycles. The number of nitrogens with zero attached hydrogens (tertiary/aromatic N) is 2. The van der Waals surface area contributed by atoms with Crippen LogP contribution in [0.5, 0.6) is 5.88 Å². The largest absolute Gasteiger partial charge is 0.477 e. The van der Waals surface area contributed by atoms with E-state index in [0.29, 0.717) is 22.6 Å². The molecule has 0 radical (unpaired) electrons. The van der Waals surface area contributed by atoms with Crippen LogP contribution in [0.3, 0.4) is 0 Å². The number of aromatic nitrogens is 3. The predicted molar refractivity (Wildman–Crippen MR) is 99.0 cm³/mol. The third-order valence-electron chi connectivity index (χ3n) is 4.00. The summed E-state index contributed by atoms with van der Waals surface area (Å²) in [6.07, 6.45) is 0.816. The highest BCUT2D eigenvalue weighted by atomic mass is 32.1. The number of rotatable bonds is 5. The number of aromatic amines is 1. The molecule has 1 N–H and O–H groups in total. The Balaban J connectivity index is 1.89. The van der Waals surface area contributed by atoms with Crippen molar-refractivity contribution in [1.82, 2.24) is 15.0 Å². The van der Waals surface area contributed by atoms with Crippen LogP contribution in [-0.4, -0.2) is 27.5 Å². The summed E-state index contributed by atoms with van der Waals surface area (Å²) in [6.45, 7) is 7.69. The zero-order valence-corrected chi connectivity index (χ0v) is 15.8. The normalized spacial score (nSPS) is 12.2. The SMILES string of the molecule is CCOc1ncccc1C(=O)O[C@H](C)c1nc2sc(C)c(C)c2c(=O)[nH]1. The average Bonchev–Trinajstić information content (AvgIpc) is 2.90. The number of nitrogens with one attached hydrogen (secondary N) is 1. The minimum Gasteiger partial charge on any atom is -0.477 e. The summed E-state index contributed by atoms with van der Waals surface area (Å²) < 4.78 is 10.8. The summed E-state index contributed by atoms with van der Waals surface area (Å²) in [7, 11) is 0. The summed E-state index contributed by atoms with van der Waals surface area (Å²) >= 11 is 1.45. The van der Waals surface area contributed by atoms with Crippen LogP contribution in [0.15, 0.2) is 23.1 Å². The molecule has 0 aliphatic carbocycles. The van der Waals surface area contributed by atoms with Gasteiger partial charge in [-0.2, -0.15) is 0 Å². The molecule has 3 rings (SSSR count). The van der Waals surface area contributed by atoms with Gasteiger partial charge in [-0.05, 0) is 45.4 Å². The van der Waals surface area contributed by atoms with Gasteiger partial charge in [0, 0.05) is 11.1 Å². The smallest absolute Gasteiger partial charge is 0.344 e. The number of carbonyl (C=O) groups excluding carboxylic acids is 1. The van der Waals surface area contributed by atoms with Crippen LogP contribution in [0.1, 0.15) is 46.6 Å². The van der Waals surface area contributed by atoms with Crippen LogP contribution in [0.4, 0.5) is 0 Å². The lowest BCUT2D eigenvalue weighted by molar-refractivity contribution is 0.0315. The molecular formula is C18H19N3O4S. The maximum absolute atomic E-state index is 12.5. The Morgan fingerprint density at radius 1 is 1.38 bits per heavy atom. The van der Waals surface area contributed by atoms with Crippen molar-refractivity contribution < 1.29 is 14.3 Å². The van der Waals surface area contributed by atoms with E-state index in [1.165, 1.54) is 11.3 Å². The number of esters is 1. The lowest BCUT2D eigenvalue weighted by Crippen LogP contribution is -2.18. The zero-order valence-electron chi connectivity index (χ0n) is 15.0. The fourth-order valence-electron chi connectivity index (χ4n) is 2.54. The summed E-state index contributed by atoms with van der Waals surface area (Å²) in [5, 5.41) is 0.584. The van der Waals surface area contributed by atoms with Crippen LogP contribution in [0.25, 0.3) is 10.2 Å². The van der Waals surface area contributed by atoms with Crippen LogP contribution in [0, 0.1) is 13.8 Å². The van der Waals surface area contributed by atoms with Gasteiger partial charge in [0.05, 0.1) is 12.0 Å². The first-order chi connectivity index (χ1) is 12.4. The molecule has 0 saturated heterocycles. The van der Waals surface area contributed by atoms with Gasteiger partial charge in [-0.25, -0.2) is 14.8 Å². The Bertz CT molecular complexity index is 1020. The highest BCUT2D eigenvalue weighted by molar-refractivity contribution is 7.18. The number of ether oxygens (including phenoxy) is 2. The van der Waals surface area contributed by atoms with Crippen molar-refractivity contribution in [2.45, 2.75) is 33.8 Å². The van der Waals surface area contributed by atoms with Gasteiger partial charge in [0.2, 0.25) is 5.88 Å². The van der Waals surface area contributed by atoms with E-state index >= 15 is 0 Å². The monoisotopic (exact) mass is 373 g/mol. The second kappa shape index (κ2) is 7.25. The average molecular weight is 373 g/mol. The molecule has 0 fully saturated rings. The fraction of sp³-hybridized carbons (Fsp3) is 0.333. The molecule has 0 amide bonds. The first-order valence-electron chi connectivity index (χ1n) is 8.21. The first-order valence-corrected chi connectivity index (χ1v) is 9.02. The molecule has 7 nitrogen and oxygen atoms in total. The molecule has 3 aromatic rings. The number of hydrogen-bond acceptors (Lipinski definition) is 7. The lowest BCUT2D eigenvalue weighted by Gasteiger charge is -2.14. The second-order valence-corrected chi connectivity index (χ2v) is 6.95. The second-order valence-electron chi connectivity index (χ2n) is 5.75. The maximum Gasteiger partial charge on any atom is 0.344 e. The van der Waals surface area contributed by atoms with E-state index in [1.54, 1.807) is 32.2 Å². The van der Waals surface area contributed by atoms with Gasteiger partial charge in [-0.1, -0.05) is 0 Å². The third-order valence-corrected chi connectivity index (χ3v) is 5.10. The summed E-state index contributed by atoms with van der Waals surface area (Å²) in [6, 6.07) is 3.21. The Morgan fingerprint density at radius 2 is 2.15 bits per heavy atom. The number of aryl methyl sites for hydroxylation is 2. The molecule has 136 valence electrons. The molecule has 0 aliphatic heterocycles. The van der Waals surface area contributed by atoms with Crippen LogP contribution in [0.2, 0.25) is 0 Å². The van der Waals surface area contributed by atoms with E-state index in [4.69, 9.17) is 9.47 Å². The van der Waals surface area contributed by atoms with Gasteiger partial charge in [0.25, 0.3) is 5.56 Å². The highest BCUT2D eigenvalue weighted by Gasteiger charge is 2.21. The van der Waals surface area contributed by atoms with E-state index < -0.39 is 12.1 Å². The van der Waals surface area contributed by atoms with Crippen molar-refractivity contribution in [3.05, 3.63) is 50.5 Å². The van der Waals surface area contributed by atoms with Crippen LogP contribution >= 0.6 is 11.3 Å². The van der Waals surface area contributed by atoms with E-state index in [2.05, 4.69) is 15.0 Å². The summed E-state index contributed by atoms with van der Waals surface area (Å²) in [5.41, 5.74) is 0.922. The molecule has 0 aliphatic rings. The van der Waals surface area contributed by atoms with E-state index in [-0.39, 0.29) is 17.0 Å². The Hall–Kier alpha value is -2.74. The van der Waals surface area contributed by atoms with Crippen molar-refractivity contribution in [2.75, 3.05) is 6.61 Å². The number of hydrogen-bond donors (Lipinski definition) is 1. The lowest BCUT2D eigenvalue weighted by atomic mass is 10.2. The molecule has 3 aromatic heterocycles. The van der Waals surface area contributed by atoms with Crippen molar-refractivity contribution in [2.24, 2.45) is 0 Å².